The highest BCUT2D eigenvalue weighted by Crippen LogP contribution is 2.15. The lowest BCUT2D eigenvalue weighted by atomic mass is 10.3. The summed E-state index contributed by atoms with van der Waals surface area (Å²) in [4.78, 5) is 6.20. The normalized spacial score (nSPS) is 11.8. The first-order chi connectivity index (χ1) is 9.51. The number of aromatic nitrogens is 2. The van der Waals surface area contributed by atoms with Gasteiger partial charge < -0.3 is 9.72 Å². The number of ether oxygens (including phenoxy) is 1. The highest BCUT2D eigenvalue weighted by Gasteiger charge is 2.21. The average Bonchev–Trinajstić information content (AvgIpc) is 2.95. The van der Waals surface area contributed by atoms with Gasteiger partial charge in [0.25, 0.3) is 10.0 Å². The summed E-state index contributed by atoms with van der Waals surface area (Å²) in [6, 6.07) is 5.96. The van der Waals surface area contributed by atoms with E-state index in [4.69, 9.17) is 4.74 Å². The molecule has 0 saturated carbocycles. The number of rotatable bonds is 6. The maximum atomic E-state index is 13.3. The summed E-state index contributed by atoms with van der Waals surface area (Å²) in [6.45, 7) is 0.139. The summed E-state index contributed by atoms with van der Waals surface area (Å²) in [6.07, 6.45) is 2.51. The van der Waals surface area contributed by atoms with Crippen LogP contribution in [0.25, 0.3) is 0 Å². The third-order valence-electron chi connectivity index (χ3n) is 2.66. The molecule has 0 radical (unpaired) electrons. The number of imidazole rings is 1. The SMILES string of the molecule is CN(CCOc1ccccc1F)S(=O)(=O)c1cnc[nH]1. The number of halogens is 1. The van der Waals surface area contributed by atoms with E-state index in [0.717, 1.165) is 4.31 Å². The predicted molar refractivity (Wildman–Crippen MR) is 70.3 cm³/mol. The molecule has 1 heterocycles. The zero-order valence-corrected chi connectivity index (χ0v) is 11.6. The minimum absolute atomic E-state index is 0.00546. The van der Waals surface area contributed by atoms with Crippen molar-refractivity contribution in [3.63, 3.8) is 0 Å². The van der Waals surface area contributed by atoms with Crippen LogP contribution in [-0.2, 0) is 10.0 Å². The quantitative estimate of drug-likeness (QED) is 0.871. The Morgan fingerprint density at radius 2 is 2.15 bits per heavy atom. The zero-order valence-electron chi connectivity index (χ0n) is 10.8. The first kappa shape index (κ1) is 14.5. The van der Waals surface area contributed by atoms with E-state index in [1.165, 1.54) is 31.7 Å². The molecule has 20 heavy (non-hydrogen) atoms. The lowest BCUT2D eigenvalue weighted by molar-refractivity contribution is 0.275. The lowest BCUT2D eigenvalue weighted by Gasteiger charge is -2.16. The van der Waals surface area contributed by atoms with Crippen molar-refractivity contribution in [1.82, 2.24) is 14.3 Å². The molecule has 108 valence electrons. The molecule has 0 fully saturated rings. The highest BCUT2D eigenvalue weighted by atomic mass is 32.2. The molecule has 1 N–H and O–H groups in total. The molecule has 0 unspecified atom stereocenters. The van der Waals surface area contributed by atoms with Crippen molar-refractivity contribution >= 4 is 10.0 Å². The predicted octanol–water partition coefficient (Wildman–Crippen LogP) is 1.25. The van der Waals surface area contributed by atoms with Gasteiger partial charge in [0, 0.05) is 13.6 Å². The Kier molecular flexibility index (Phi) is 4.35. The van der Waals surface area contributed by atoms with Crippen LogP contribution in [0.3, 0.4) is 0 Å². The van der Waals surface area contributed by atoms with Crippen LogP contribution in [0, 0.1) is 5.82 Å². The number of nitrogens with one attached hydrogen (secondary N) is 1. The molecule has 0 amide bonds. The van der Waals surface area contributed by atoms with E-state index < -0.39 is 15.8 Å². The summed E-state index contributed by atoms with van der Waals surface area (Å²) in [5.41, 5.74) is 0. The molecule has 0 bridgehead atoms. The van der Waals surface area contributed by atoms with Crippen molar-refractivity contribution < 1.29 is 17.5 Å². The van der Waals surface area contributed by atoms with Crippen LogP contribution < -0.4 is 4.74 Å². The number of hydrogen-bond donors (Lipinski definition) is 1. The van der Waals surface area contributed by atoms with Crippen LogP contribution in [-0.4, -0.2) is 42.9 Å². The van der Waals surface area contributed by atoms with E-state index in [1.807, 2.05) is 0 Å². The minimum Gasteiger partial charge on any atom is -0.489 e. The van der Waals surface area contributed by atoms with E-state index >= 15 is 0 Å². The van der Waals surface area contributed by atoms with Crippen LogP contribution in [0.2, 0.25) is 0 Å². The van der Waals surface area contributed by atoms with Gasteiger partial charge in [0.1, 0.15) is 6.61 Å². The van der Waals surface area contributed by atoms with Crippen molar-refractivity contribution in [2.75, 3.05) is 20.2 Å². The zero-order chi connectivity index (χ0) is 14.6. The fourth-order valence-corrected chi connectivity index (χ4v) is 2.56. The molecule has 0 aliphatic heterocycles. The molecule has 8 heteroatoms. The number of sulfonamides is 1. The van der Waals surface area contributed by atoms with Gasteiger partial charge in [0.05, 0.1) is 12.5 Å². The Morgan fingerprint density at radius 3 is 2.80 bits per heavy atom. The largest absolute Gasteiger partial charge is 0.489 e. The standard InChI is InChI=1S/C12H14FN3O3S/c1-16(20(17,18)12-8-14-9-15-12)6-7-19-11-5-3-2-4-10(11)13/h2-5,8-9H,6-7H2,1H3,(H,14,15). The van der Waals surface area contributed by atoms with Crippen LogP contribution in [0.4, 0.5) is 4.39 Å². The Morgan fingerprint density at radius 1 is 1.40 bits per heavy atom. The molecule has 6 nitrogen and oxygen atoms in total. The first-order valence-corrected chi connectivity index (χ1v) is 7.28. The van der Waals surface area contributed by atoms with Gasteiger partial charge in [0.2, 0.25) is 0 Å². The third-order valence-corrected chi connectivity index (χ3v) is 4.44. The first-order valence-electron chi connectivity index (χ1n) is 5.84. The number of para-hydroxylation sites is 1. The second-order valence-corrected chi connectivity index (χ2v) is 6.03. The van der Waals surface area contributed by atoms with Gasteiger partial charge in [0.15, 0.2) is 16.6 Å². The molecule has 0 atom stereocenters. The van der Waals surface area contributed by atoms with E-state index in [2.05, 4.69) is 9.97 Å². The molecule has 2 rings (SSSR count). The molecular weight excluding hydrogens is 285 g/mol. The number of H-pyrrole nitrogens is 1. The van der Waals surface area contributed by atoms with E-state index in [1.54, 1.807) is 12.1 Å². The monoisotopic (exact) mass is 299 g/mol. The summed E-state index contributed by atoms with van der Waals surface area (Å²) in [5.74, 6) is -0.383. The van der Waals surface area contributed by atoms with Crippen molar-refractivity contribution in [3.8, 4) is 5.75 Å². The van der Waals surface area contributed by atoms with Gasteiger partial charge in [-0.05, 0) is 12.1 Å². The van der Waals surface area contributed by atoms with E-state index in [9.17, 15) is 12.8 Å². The molecule has 1 aromatic heterocycles. The van der Waals surface area contributed by atoms with Crippen molar-refractivity contribution in [2.24, 2.45) is 0 Å². The average molecular weight is 299 g/mol. The maximum Gasteiger partial charge on any atom is 0.259 e. The molecule has 0 spiro atoms. The number of likely N-dealkylation sites (N-methyl/N-ethyl adjacent to an activating group) is 1. The van der Waals surface area contributed by atoms with Gasteiger partial charge in [-0.15, -0.1) is 0 Å². The van der Waals surface area contributed by atoms with Gasteiger partial charge >= 0.3 is 0 Å². The topological polar surface area (TPSA) is 75.3 Å². The maximum absolute atomic E-state index is 13.3. The molecule has 0 aliphatic rings. The van der Waals surface area contributed by atoms with Crippen LogP contribution >= 0.6 is 0 Å². The van der Waals surface area contributed by atoms with E-state index in [0.29, 0.717) is 0 Å². The molecule has 1 aromatic carbocycles. The fourth-order valence-electron chi connectivity index (χ4n) is 1.52. The van der Waals surface area contributed by atoms with Crippen molar-refractivity contribution in [2.45, 2.75) is 5.03 Å². The second-order valence-electron chi connectivity index (χ2n) is 4.02. The summed E-state index contributed by atoms with van der Waals surface area (Å²) < 4.78 is 43.7. The van der Waals surface area contributed by atoms with Crippen LogP contribution in [0.1, 0.15) is 0 Å². The lowest BCUT2D eigenvalue weighted by Crippen LogP contribution is -2.31. The molecule has 0 aliphatic carbocycles. The van der Waals surface area contributed by atoms with Crippen LogP contribution in [0.5, 0.6) is 5.75 Å². The van der Waals surface area contributed by atoms with Crippen molar-refractivity contribution in [1.29, 1.82) is 0 Å². The van der Waals surface area contributed by atoms with E-state index in [-0.39, 0.29) is 23.9 Å². The Hall–Kier alpha value is -1.93. The minimum atomic E-state index is -3.62. The Bertz CT molecular complexity index is 658. The smallest absolute Gasteiger partial charge is 0.259 e. The number of aromatic amines is 1. The third kappa shape index (κ3) is 3.14. The fraction of sp³-hybridized carbons (Fsp3) is 0.250. The highest BCUT2D eigenvalue weighted by molar-refractivity contribution is 7.89. The molecule has 2 aromatic rings. The number of hydrogen-bond acceptors (Lipinski definition) is 4. The van der Waals surface area contributed by atoms with Gasteiger partial charge in [-0.25, -0.2) is 17.8 Å². The summed E-state index contributed by atoms with van der Waals surface area (Å²) in [7, 11) is -2.20. The van der Waals surface area contributed by atoms with Crippen LogP contribution in [0.15, 0.2) is 41.8 Å². The summed E-state index contributed by atoms with van der Waals surface area (Å²) in [5, 5.41) is 0.00546. The Labute approximate surface area is 116 Å². The Balaban J connectivity index is 1.93. The van der Waals surface area contributed by atoms with Gasteiger partial charge in [-0.1, -0.05) is 12.1 Å². The summed E-state index contributed by atoms with van der Waals surface area (Å²) >= 11 is 0. The van der Waals surface area contributed by atoms with Crippen molar-refractivity contribution in [3.05, 3.63) is 42.6 Å². The number of nitrogens with zero attached hydrogens (tertiary/aromatic N) is 2. The van der Waals surface area contributed by atoms with Gasteiger partial charge in [-0.3, -0.25) is 0 Å². The number of benzene rings is 1. The second kappa shape index (κ2) is 6.02. The molecular formula is C12H14FN3O3S. The van der Waals surface area contributed by atoms with Gasteiger partial charge in [-0.2, -0.15) is 4.31 Å². The molecule has 0 saturated heterocycles.